The first-order valence-corrected chi connectivity index (χ1v) is 11.8. The Morgan fingerprint density at radius 2 is 1.90 bits per heavy atom. The summed E-state index contributed by atoms with van der Waals surface area (Å²) in [5.74, 6) is 2.31. The van der Waals surface area contributed by atoms with Crippen LogP contribution in [-0.2, 0) is 11.2 Å². The van der Waals surface area contributed by atoms with E-state index in [0.717, 1.165) is 55.7 Å². The SMILES string of the molecule is CCCC1NC2=C(N(CCCCCCOc3ccc(OC)cc3)S(=O)N(C)C2)[NH+]1[O-]. The minimum atomic E-state index is -1.30. The van der Waals surface area contributed by atoms with E-state index >= 15 is 0 Å². The largest absolute Gasteiger partial charge is 0.626 e. The highest BCUT2D eigenvalue weighted by Gasteiger charge is 2.41. The zero-order valence-electron chi connectivity index (χ0n) is 18.2. The fourth-order valence-electron chi connectivity index (χ4n) is 3.83. The highest BCUT2D eigenvalue weighted by atomic mass is 32.2. The van der Waals surface area contributed by atoms with Crippen molar-refractivity contribution in [2.24, 2.45) is 0 Å². The molecule has 0 aliphatic carbocycles. The van der Waals surface area contributed by atoms with Crippen LogP contribution in [0.1, 0.15) is 45.4 Å². The van der Waals surface area contributed by atoms with E-state index in [9.17, 15) is 9.42 Å². The number of likely N-dealkylation sites (N-methyl/N-ethyl adjacent to an activating group) is 1. The van der Waals surface area contributed by atoms with Crippen molar-refractivity contribution in [2.45, 2.75) is 51.6 Å². The van der Waals surface area contributed by atoms with Crippen LogP contribution in [0.4, 0.5) is 0 Å². The van der Waals surface area contributed by atoms with Gasteiger partial charge in [0.25, 0.3) is 0 Å². The summed E-state index contributed by atoms with van der Waals surface area (Å²) in [7, 11) is 3.48. The second-order valence-corrected chi connectivity index (χ2v) is 9.26. The average molecular weight is 439 g/mol. The summed E-state index contributed by atoms with van der Waals surface area (Å²) in [5, 5.41) is 16.3. The maximum Gasteiger partial charge on any atom is 0.237 e. The lowest BCUT2D eigenvalue weighted by molar-refractivity contribution is -0.839. The van der Waals surface area contributed by atoms with Gasteiger partial charge in [0.1, 0.15) is 17.2 Å². The lowest BCUT2D eigenvalue weighted by Crippen LogP contribution is -3.10. The van der Waals surface area contributed by atoms with Crippen molar-refractivity contribution in [3.8, 4) is 11.5 Å². The maximum atomic E-state index is 12.8. The zero-order chi connectivity index (χ0) is 21.5. The molecule has 168 valence electrons. The Kier molecular flexibility index (Phi) is 8.38. The summed E-state index contributed by atoms with van der Waals surface area (Å²) in [6.07, 6.45) is 5.48. The van der Waals surface area contributed by atoms with E-state index < -0.39 is 11.2 Å². The summed E-state index contributed by atoms with van der Waals surface area (Å²) in [4.78, 5) is 0. The van der Waals surface area contributed by atoms with Crippen LogP contribution in [0.2, 0.25) is 0 Å². The number of hydrogen-bond acceptors (Lipinski definition) is 5. The van der Waals surface area contributed by atoms with Gasteiger partial charge >= 0.3 is 0 Å². The predicted octanol–water partition coefficient (Wildman–Crippen LogP) is 1.74. The number of hydrogen-bond donors (Lipinski definition) is 2. The van der Waals surface area contributed by atoms with Crippen molar-refractivity contribution in [3.63, 3.8) is 0 Å². The molecule has 3 atom stereocenters. The Bertz CT molecular complexity index is 743. The van der Waals surface area contributed by atoms with Gasteiger partial charge in [-0.25, -0.2) is 12.8 Å². The fraction of sp³-hybridized carbons (Fsp3) is 0.619. The van der Waals surface area contributed by atoms with E-state index in [1.165, 1.54) is 0 Å². The Morgan fingerprint density at radius 1 is 1.20 bits per heavy atom. The number of quaternary nitrogens is 1. The highest BCUT2D eigenvalue weighted by Crippen LogP contribution is 2.22. The number of unbranched alkanes of at least 4 members (excludes halogenated alkanes) is 3. The summed E-state index contributed by atoms with van der Waals surface area (Å²) in [5.41, 5.74) is 0.924. The number of benzene rings is 1. The quantitative estimate of drug-likeness (QED) is 0.406. The van der Waals surface area contributed by atoms with E-state index in [0.29, 0.717) is 25.5 Å². The van der Waals surface area contributed by atoms with Crippen LogP contribution in [-0.4, -0.2) is 52.8 Å². The number of ether oxygens (including phenoxy) is 2. The van der Waals surface area contributed by atoms with E-state index in [1.54, 1.807) is 15.7 Å². The van der Waals surface area contributed by atoms with Gasteiger partial charge in [0, 0.05) is 20.0 Å². The van der Waals surface area contributed by atoms with Crippen LogP contribution < -0.4 is 19.9 Å². The molecule has 30 heavy (non-hydrogen) atoms. The fourth-order valence-corrected chi connectivity index (χ4v) is 5.05. The maximum absolute atomic E-state index is 12.8. The third kappa shape index (κ3) is 5.46. The van der Waals surface area contributed by atoms with Crippen LogP contribution >= 0.6 is 0 Å². The Hall–Kier alpha value is -1.81. The van der Waals surface area contributed by atoms with Gasteiger partial charge in [-0.3, -0.25) is 0 Å². The van der Waals surface area contributed by atoms with Gasteiger partial charge in [0.05, 0.1) is 20.3 Å². The van der Waals surface area contributed by atoms with Crippen LogP contribution in [0.25, 0.3) is 0 Å². The van der Waals surface area contributed by atoms with E-state index in [1.807, 2.05) is 31.3 Å². The second-order valence-electron chi connectivity index (χ2n) is 7.73. The summed E-state index contributed by atoms with van der Waals surface area (Å²) < 4.78 is 27.2. The van der Waals surface area contributed by atoms with Gasteiger partial charge in [-0.15, -0.1) is 0 Å². The Balaban J connectivity index is 1.41. The molecule has 3 rings (SSSR count). The molecule has 0 saturated carbocycles. The molecule has 0 amide bonds. The number of rotatable bonds is 11. The average Bonchev–Trinajstić information content (AvgIpc) is 3.05. The normalized spacial score (nSPS) is 24.0. The van der Waals surface area contributed by atoms with Crippen molar-refractivity contribution in [1.29, 1.82) is 0 Å². The lowest BCUT2D eigenvalue weighted by Gasteiger charge is -2.35. The first kappa shape index (κ1) is 22.9. The number of methoxy groups -OCH3 is 1. The van der Waals surface area contributed by atoms with Crippen molar-refractivity contribution in [3.05, 3.63) is 41.0 Å². The third-order valence-electron chi connectivity index (χ3n) is 5.43. The molecule has 2 heterocycles. The van der Waals surface area contributed by atoms with Crippen molar-refractivity contribution in [1.82, 2.24) is 13.9 Å². The molecule has 0 radical (unpaired) electrons. The van der Waals surface area contributed by atoms with Gasteiger partial charge in [0.2, 0.25) is 17.0 Å². The van der Waals surface area contributed by atoms with Crippen LogP contribution in [0.5, 0.6) is 11.5 Å². The summed E-state index contributed by atoms with van der Waals surface area (Å²) in [6.45, 7) is 3.91. The minimum absolute atomic E-state index is 0.0983. The topological polar surface area (TPSA) is 81.5 Å². The zero-order valence-corrected chi connectivity index (χ0v) is 19.0. The van der Waals surface area contributed by atoms with Gasteiger partial charge < -0.3 is 25.1 Å². The molecular formula is C21H34N4O4S. The highest BCUT2D eigenvalue weighted by molar-refractivity contribution is 7.80. The summed E-state index contributed by atoms with van der Waals surface area (Å²) >= 11 is -1.30. The molecule has 0 aromatic heterocycles. The van der Waals surface area contributed by atoms with Crippen molar-refractivity contribution >= 4 is 11.2 Å². The molecule has 0 bridgehead atoms. The van der Waals surface area contributed by atoms with E-state index in [2.05, 4.69) is 12.2 Å². The first-order valence-electron chi connectivity index (χ1n) is 10.8. The molecule has 1 aromatic carbocycles. The molecule has 2 aliphatic rings. The van der Waals surface area contributed by atoms with Gasteiger partial charge in [-0.05, 0) is 43.5 Å². The molecule has 2 aliphatic heterocycles. The van der Waals surface area contributed by atoms with E-state index in [4.69, 9.17) is 9.47 Å². The second kappa shape index (κ2) is 11.0. The standard InChI is InChI=1S/C21H34N4O4S/c1-4-9-20-22-19-16-23(2)30(27)24(21(19)25(20)26)14-7-5-6-8-15-29-18-12-10-17(28-3)11-13-18/h10-13,20,22,25H,4-9,14-16H2,1-3H3. The van der Waals surface area contributed by atoms with Crippen LogP contribution in [0, 0.1) is 5.21 Å². The van der Waals surface area contributed by atoms with Crippen LogP contribution in [0.3, 0.4) is 0 Å². The molecule has 8 nitrogen and oxygen atoms in total. The molecule has 9 heteroatoms. The lowest BCUT2D eigenvalue weighted by atomic mass is 10.2. The molecule has 2 N–H and O–H groups in total. The van der Waals surface area contributed by atoms with Gasteiger partial charge in [-0.2, -0.15) is 0 Å². The number of nitrogens with one attached hydrogen (secondary N) is 2. The molecule has 0 spiro atoms. The smallest absolute Gasteiger partial charge is 0.237 e. The Morgan fingerprint density at radius 3 is 2.60 bits per heavy atom. The monoisotopic (exact) mass is 438 g/mol. The van der Waals surface area contributed by atoms with Crippen molar-refractivity contribution in [2.75, 3.05) is 33.9 Å². The number of hydroxylamine groups is 2. The van der Waals surface area contributed by atoms with Gasteiger partial charge in [-0.1, -0.05) is 19.8 Å². The molecule has 0 fully saturated rings. The third-order valence-corrected chi connectivity index (χ3v) is 6.84. The number of nitrogens with zero attached hydrogens (tertiary/aromatic N) is 2. The van der Waals surface area contributed by atoms with Crippen LogP contribution in [0.15, 0.2) is 35.8 Å². The van der Waals surface area contributed by atoms with Crippen molar-refractivity contribution < 1.29 is 18.7 Å². The molecular weight excluding hydrogens is 404 g/mol. The molecule has 0 saturated heterocycles. The Labute approximate surface area is 182 Å². The predicted molar refractivity (Wildman–Crippen MR) is 118 cm³/mol. The minimum Gasteiger partial charge on any atom is -0.626 e. The molecule has 3 unspecified atom stereocenters. The van der Waals surface area contributed by atoms with Gasteiger partial charge in [0.15, 0.2) is 6.17 Å². The molecule has 1 aromatic rings. The first-order chi connectivity index (χ1) is 14.5. The summed E-state index contributed by atoms with van der Waals surface area (Å²) in [6, 6.07) is 7.59. The van der Waals surface area contributed by atoms with E-state index in [-0.39, 0.29) is 11.2 Å².